The zero-order chi connectivity index (χ0) is 13.0. The Morgan fingerprint density at radius 2 is 1.83 bits per heavy atom. The molecule has 0 saturated carbocycles. The summed E-state index contributed by atoms with van der Waals surface area (Å²) < 4.78 is 0.577. The average Bonchev–Trinajstić information content (AvgIpc) is 2.37. The molecule has 0 heterocycles. The fraction of sp³-hybridized carbons (Fsp3) is 0.0714. The standard InChI is InChI=1S/C14H12BrNO2/c15-11-7-4-8-12(13(11)14(17)18)16-9-10-5-2-1-3-6-10/h1-8,16H,9H2,(H,17,18). The zero-order valence-corrected chi connectivity index (χ0v) is 11.1. The van der Waals surface area contributed by atoms with Gasteiger partial charge in [-0.15, -0.1) is 0 Å². The van der Waals surface area contributed by atoms with E-state index in [2.05, 4.69) is 21.2 Å². The molecule has 0 aromatic heterocycles. The number of rotatable bonds is 4. The molecule has 3 nitrogen and oxygen atoms in total. The number of carboxylic acids is 1. The quantitative estimate of drug-likeness (QED) is 0.904. The summed E-state index contributed by atoms with van der Waals surface area (Å²) in [5.74, 6) is -0.946. The number of nitrogens with one attached hydrogen (secondary N) is 1. The van der Waals surface area contributed by atoms with Crippen LogP contribution in [-0.4, -0.2) is 11.1 Å². The molecule has 0 fully saturated rings. The van der Waals surface area contributed by atoms with E-state index in [1.54, 1.807) is 12.1 Å². The Hall–Kier alpha value is -1.81. The highest BCUT2D eigenvalue weighted by Crippen LogP contribution is 2.25. The van der Waals surface area contributed by atoms with Gasteiger partial charge in [0.25, 0.3) is 0 Å². The van der Waals surface area contributed by atoms with Crippen LogP contribution in [0.5, 0.6) is 0 Å². The Bertz CT molecular complexity index is 555. The normalized spacial score (nSPS) is 10.1. The molecule has 0 spiro atoms. The predicted octanol–water partition coefficient (Wildman–Crippen LogP) is 3.76. The molecule has 2 N–H and O–H groups in total. The van der Waals surface area contributed by atoms with Crippen molar-refractivity contribution in [1.82, 2.24) is 0 Å². The Labute approximate surface area is 114 Å². The van der Waals surface area contributed by atoms with Gasteiger partial charge in [0, 0.05) is 11.0 Å². The van der Waals surface area contributed by atoms with Crippen molar-refractivity contribution in [2.45, 2.75) is 6.54 Å². The number of aromatic carboxylic acids is 1. The van der Waals surface area contributed by atoms with Crippen molar-refractivity contribution in [3.8, 4) is 0 Å². The van der Waals surface area contributed by atoms with Crippen molar-refractivity contribution in [3.05, 3.63) is 64.1 Å². The Morgan fingerprint density at radius 3 is 2.50 bits per heavy atom. The third kappa shape index (κ3) is 2.90. The molecule has 0 aliphatic rings. The first-order valence-electron chi connectivity index (χ1n) is 5.48. The summed E-state index contributed by atoms with van der Waals surface area (Å²) in [5, 5.41) is 12.3. The number of halogens is 1. The molecular weight excluding hydrogens is 294 g/mol. The van der Waals surface area contributed by atoms with Crippen LogP contribution in [0.3, 0.4) is 0 Å². The molecule has 0 unspecified atom stereocenters. The molecule has 0 saturated heterocycles. The molecule has 0 radical (unpaired) electrons. The SMILES string of the molecule is O=C(O)c1c(Br)cccc1NCc1ccccc1. The molecule has 4 heteroatoms. The topological polar surface area (TPSA) is 49.3 Å². The number of anilines is 1. The van der Waals surface area contributed by atoms with Gasteiger partial charge in [-0.05, 0) is 33.6 Å². The van der Waals surface area contributed by atoms with Gasteiger partial charge in [-0.2, -0.15) is 0 Å². The van der Waals surface area contributed by atoms with E-state index >= 15 is 0 Å². The fourth-order valence-corrected chi connectivity index (χ4v) is 2.22. The van der Waals surface area contributed by atoms with Crippen molar-refractivity contribution in [3.63, 3.8) is 0 Å². The fourth-order valence-electron chi connectivity index (χ4n) is 1.68. The van der Waals surface area contributed by atoms with E-state index in [4.69, 9.17) is 0 Å². The summed E-state index contributed by atoms with van der Waals surface area (Å²) in [6.07, 6.45) is 0. The van der Waals surface area contributed by atoms with Crippen LogP contribution in [0.4, 0.5) is 5.69 Å². The van der Waals surface area contributed by atoms with Crippen LogP contribution in [0.15, 0.2) is 53.0 Å². The van der Waals surface area contributed by atoms with Crippen LogP contribution in [0.25, 0.3) is 0 Å². The van der Waals surface area contributed by atoms with Gasteiger partial charge in [0.05, 0.1) is 11.3 Å². The summed E-state index contributed by atoms with van der Waals surface area (Å²) in [4.78, 5) is 11.2. The van der Waals surface area contributed by atoms with E-state index in [-0.39, 0.29) is 5.56 Å². The third-order valence-corrected chi connectivity index (χ3v) is 3.21. The molecule has 2 rings (SSSR count). The monoisotopic (exact) mass is 305 g/mol. The summed E-state index contributed by atoms with van der Waals surface area (Å²) in [7, 11) is 0. The summed E-state index contributed by atoms with van der Waals surface area (Å²) in [6, 6.07) is 15.1. The number of hydrogen-bond acceptors (Lipinski definition) is 2. The maximum Gasteiger partial charge on any atom is 0.338 e. The molecule has 2 aromatic carbocycles. The minimum Gasteiger partial charge on any atom is -0.478 e. The van der Waals surface area contributed by atoms with Crippen molar-refractivity contribution in [2.75, 3.05) is 5.32 Å². The second-order valence-electron chi connectivity index (χ2n) is 3.81. The van der Waals surface area contributed by atoms with Crippen molar-refractivity contribution < 1.29 is 9.90 Å². The smallest absolute Gasteiger partial charge is 0.338 e. The molecule has 92 valence electrons. The Kier molecular flexibility index (Phi) is 3.99. The number of carboxylic acid groups (broad SMARTS) is 1. The van der Waals surface area contributed by atoms with Gasteiger partial charge >= 0.3 is 5.97 Å². The van der Waals surface area contributed by atoms with Crippen LogP contribution >= 0.6 is 15.9 Å². The maximum absolute atomic E-state index is 11.2. The van der Waals surface area contributed by atoms with E-state index in [0.717, 1.165) is 5.56 Å². The number of hydrogen-bond donors (Lipinski definition) is 2. The average molecular weight is 306 g/mol. The number of benzene rings is 2. The largest absolute Gasteiger partial charge is 0.478 e. The van der Waals surface area contributed by atoms with Crippen LogP contribution in [0, 0.1) is 0 Å². The van der Waals surface area contributed by atoms with Gasteiger partial charge < -0.3 is 10.4 Å². The van der Waals surface area contributed by atoms with Gasteiger partial charge in [0.15, 0.2) is 0 Å². The number of carbonyl (C=O) groups is 1. The molecule has 0 aliphatic heterocycles. The predicted molar refractivity (Wildman–Crippen MR) is 74.9 cm³/mol. The second kappa shape index (κ2) is 5.69. The maximum atomic E-state index is 11.2. The van der Waals surface area contributed by atoms with Crippen LogP contribution < -0.4 is 5.32 Å². The van der Waals surface area contributed by atoms with Crippen molar-refractivity contribution in [1.29, 1.82) is 0 Å². The lowest BCUT2D eigenvalue weighted by molar-refractivity contribution is 0.0697. The first-order valence-corrected chi connectivity index (χ1v) is 6.27. The summed E-state index contributed by atoms with van der Waals surface area (Å²) in [5.41, 5.74) is 1.97. The van der Waals surface area contributed by atoms with Gasteiger partial charge in [-0.1, -0.05) is 36.4 Å². The highest BCUT2D eigenvalue weighted by atomic mass is 79.9. The Balaban J connectivity index is 2.20. The lowest BCUT2D eigenvalue weighted by atomic mass is 10.1. The van der Waals surface area contributed by atoms with Crippen molar-refractivity contribution >= 4 is 27.6 Å². The molecule has 0 bridgehead atoms. The zero-order valence-electron chi connectivity index (χ0n) is 9.56. The van der Waals surface area contributed by atoms with Gasteiger partial charge in [0.2, 0.25) is 0 Å². The third-order valence-electron chi connectivity index (χ3n) is 2.55. The van der Waals surface area contributed by atoms with E-state index in [1.165, 1.54) is 0 Å². The van der Waals surface area contributed by atoms with Crippen LogP contribution in [0.1, 0.15) is 15.9 Å². The van der Waals surface area contributed by atoms with E-state index < -0.39 is 5.97 Å². The molecule has 0 amide bonds. The van der Waals surface area contributed by atoms with Gasteiger partial charge in [-0.3, -0.25) is 0 Å². The second-order valence-corrected chi connectivity index (χ2v) is 4.66. The molecule has 0 atom stereocenters. The minimum atomic E-state index is -0.946. The summed E-state index contributed by atoms with van der Waals surface area (Å²) >= 11 is 3.25. The van der Waals surface area contributed by atoms with E-state index in [0.29, 0.717) is 16.7 Å². The molecule has 2 aromatic rings. The molecule has 18 heavy (non-hydrogen) atoms. The highest BCUT2D eigenvalue weighted by molar-refractivity contribution is 9.10. The molecular formula is C14H12BrNO2. The van der Waals surface area contributed by atoms with Crippen molar-refractivity contribution in [2.24, 2.45) is 0 Å². The van der Waals surface area contributed by atoms with E-state index in [1.807, 2.05) is 36.4 Å². The van der Waals surface area contributed by atoms with Crippen LogP contribution in [0.2, 0.25) is 0 Å². The minimum absolute atomic E-state index is 0.258. The lowest BCUT2D eigenvalue weighted by Gasteiger charge is -2.10. The van der Waals surface area contributed by atoms with Crippen LogP contribution in [-0.2, 0) is 6.54 Å². The van der Waals surface area contributed by atoms with Gasteiger partial charge in [-0.25, -0.2) is 4.79 Å². The first-order chi connectivity index (χ1) is 8.68. The summed E-state index contributed by atoms with van der Waals surface area (Å²) in [6.45, 7) is 0.595. The first kappa shape index (κ1) is 12.6. The Morgan fingerprint density at radius 1 is 1.11 bits per heavy atom. The highest BCUT2D eigenvalue weighted by Gasteiger charge is 2.13. The van der Waals surface area contributed by atoms with E-state index in [9.17, 15) is 9.90 Å². The lowest BCUT2D eigenvalue weighted by Crippen LogP contribution is -2.07. The molecule has 0 aliphatic carbocycles. The van der Waals surface area contributed by atoms with Gasteiger partial charge in [0.1, 0.15) is 0 Å².